The summed E-state index contributed by atoms with van der Waals surface area (Å²) in [7, 11) is 1.59. The lowest BCUT2D eigenvalue weighted by atomic mass is 9.94. The maximum absolute atomic E-state index is 11.6. The third kappa shape index (κ3) is 2.10. The minimum absolute atomic E-state index is 0.179. The summed E-state index contributed by atoms with van der Waals surface area (Å²) in [5.41, 5.74) is 9.29. The van der Waals surface area contributed by atoms with Gasteiger partial charge in [-0.2, -0.15) is 0 Å². The van der Waals surface area contributed by atoms with Crippen LogP contribution in [0.25, 0.3) is 10.4 Å². The number of carbonyl (C=O) groups is 1. The Morgan fingerprint density at radius 1 is 1.39 bits per heavy atom. The number of carbonyl (C=O) groups excluding carboxylic acids is 1. The second-order valence-electron chi connectivity index (χ2n) is 4.14. The number of rotatable bonds is 3. The second-order valence-corrected chi connectivity index (χ2v) is 4.14. The SMILES string of the molecule is COc1ccc([C@H]2OC(=O)[C@@H](N=[N+]=[N-])[C@@H]2C)cc1. The van der Waals surface area contributed by atoms with E-state index in [-0.39, 0.29) is 12.0 Å². The molecule has 6 heteroatoms. The van der Waals surface area contributed by atoms with Gasteiger partial charge in [0.05, 0.1) is 7.11 Å². The number of azide groups is 1. The number of cyclic esters (lactones) is 1. The highest BCUT2D eigenvalue weighted by molar-refractivity contribution is 5.79. The Morgan fingerprint density at radius 2 is 2.06 bits per heavy atom. The number of methoxy groups -OCH3 is 1. The topological polar surface area (TPSA) is 84.3 Å². The molecule has 18 heavy (non-hydrogen) atoms. The van der Waals surface area contributed by atoms with E-state index in [9.17, 15) is 4.79 Å². The summed E-state index contributed by atoms with van der Waals surface area (Å²) in [5, 5.41) is 3.48. The van der Waals surface area contributed by atoms with E-state index in [1.807, 2.05) is 19.1 Å². The lowest BCUT2D eigenvalue weighted by Crippen LogP contribution is -2.17. The molecule has 0 saturated carbocycles. The Bertz CT molecular complexity index is 494. The van der Waals surface area contributed by atoms with Gasteiger partial charge in [-0.3, -0.25) is 4.79 Å². The monoisotopic (exact) mass is 247 g/mol. The highest BCUT2D eigenvalue weighted by atomic mass is 16.6. The third-order valence-corrected chi connectivity index (χ3v) is 3.08. The zero-order valence-corrected chi connectivity index (χ0v) is 10.1. The molecule has 0 aromatic heterocycles. The first-order valence-electron chi connectivity index (χ1n) is 5.56. The van der Waals surface area contributed by atoms with Gasteiger partial charge in [-0.15, -0.1) is 0 Å². The van der Waals surface area contributed by atoms with Gasteiger partial charge in [0.1, 0.15) is 17.9 Å². The van der Waals surface area contributed by atoms with Crippen LogP contribution in [0.2, 0.25) is 0 Å². The van der Waals surface area contributed by atoms with E-state index in [0.717, 1.165) is 11.3 Å². The molecular formula is C12H13N3O3. The van der Waals surface area contributed by atoms with Crippen molar-refractivity contribution in [1.29, 1.82) is 0 Å². The Kier molecular flexibility index (Phi) is 3.39. The molecule has 1 saturated heterocycles. The van der Waals surface area contributed by atoms with E-state index < -0.39 is 12.0 Å². The van der Waals surface area contributed by atoms with Gasteiger partial charge >= 0.3 is 5.97 Å². The molecule has 1 aromatic rings. The highest BCUT2D eigenvalue weighted by Crippen LogP contribution is 2.37. The van der Waals surface area contributed by atoms with E-state index in [1.54, 1.807) is 19.2 Å². The molecule has 1 aliphatic rings. The van der Waals surface area contributed by atoms with Gasteiger partial charge in [-0.05, 0) is 23.2 Å². The molecule has 1 aromatic carbocycles. The molecule has 6 nitrogen and oxygen atoms in total. The van der Waals surface area contributed by atoms with Crippen LogP contribution in [0, 0.1) is 5.92 Å². The molecule has 94 valence electrons. The van der Waals surface area contributed by atoms with E-state index in [2.05, 4.69) is 10.0 Å². The van der Waals surface area contributed by atoms with E-state index in [4.69, 9.17) is 15.0 Å². The molecule has 0 unspecified atom stereocenters. The fourth-order valence-electron chi connectivity index (χ4n) is 2.06. The Labute approximate surface area is 104 Å². The average Bonchev–Trinajstić information content (AvgIpc) is 2.67. The number of benzene rings is 1. The third-order valence-electron chi connectivity index (χ3n) is 3.08. The molecule has 0 spiro atoms. The molecule has 1 heterocycles. The van der Waals surface area contributed by atoms with Crippen molar-refractivity contribution in [2.45, 2.75) is 19.1 Å². The molecule has 0 aliphatic carbocycles. The van der Waals surface area contributed by atoms with Crippen LogP contribution in [0.3, 0.4) is 0 Å². The van der Waals surface area contributed by atoms with Crippen molar-refractivity contribution >= 4 is 5.97 Å². The summed E-state index contributed by atoms with van der Waals surface area (Å²) in [5.74, 6) is 0.0882. The van der Waals surface area contributed by atoms with Crippen LogP contribution in [-0.2, 0) is 9.53 Å². The summed E-state index contributed by atoms with van der Waals surface area (Å²) < 4.78 is 10.3. The van der Waals surface area contributed by atoms with E-state index >= 15 is 0 Å². The molecule has 2 rings (SSSR count). The van der Waals surface area contributed by atoms with Crippen molar-refractivity contribution in [2.24, 2.45) is 11.0 Å². The number of nitrogens with zero attached hydrogens (tertiary/aromatic N) is 3. The van der Waals surface area contributed by atoms with Gasteiger partial charge < -0.3 is 9.47 Å². The molecule has 1 aliphatic heterocycles. The Morgan fingerprint density at radius 3 is 2.61 bits per heavy atom. The molecular weight excluding hydrogens is 234 g/mol. The maximum atomic E-state index is 11.6. The van der Waals surface area contributed by atoms with Gasteiger partial charge in [0.2, 0.25) is 0 Å². The van der Waals surface area contributed by atoms with Crippen LogP contribution in [0.4, 0.5) is 0 Å². The summed E-state index contributed by atoms with van der Waals surface area (Å²) in [6.45, 7) is 1.83. The van der Waals surface area contributed by atoms with Crippen LogP contribution >= 0.6 is 0 Å². The first kappa shape index (κ1) is 12.3. The highest BCUT2D eigenvalue weighted by Gasteiger charge is 2.41. The fourth-order valence-corrected chi connectivity index (χ4v) is 2.06. The van der Waals surface area contributed by atoms with Gasteiger partial charge in [-0.25, -0.2) is 0 Å². The molecule has 0 N–H and O–H groups in total. The molecule has 0 bridgehead atoms. The van der Waals surface area contributed by atoms with Crippen LogP contribution in [-0.4, -0.2) is 19.1 Å². The first-order valence-corrected chi connectivity index (χ1v) is 5.56. The molecule has 3 atom stereocenters. The first-order chi connectivity index (χ1) is 8.67. The minimum Gasteiger partial charge on any atom is -0.497 e. The lowest BCUT2D eigenvalue weighted by Gasteiger charge is -2.15. The van der Waals surface area contributed by atoms with Gasteiger partial charge in [0, 0.05) is 10.8 Å². The summed E-state index contributed by atoms with van der Waals surface area (Å²) in [6, 6.07) is 6.53. The van der Waals surface area contributed by atoms with E-state index in [0.29, 0.717) is 0 Å². The van der Waals surface area contributed by atoms with Crippen molar-refractivity contribution in [3.05, 3.63) is 40.3 Å². The number of hydrogen-bond acceptors (Lipinski definition) is 4. The number of hydrogen-bond donors (Lipinski definition) is 0. The van der Waals surface area contributed by atoms with Crippen molar-refractivity contribution in [3.8, 4) is 5.75 Å². The zero-order valence-electron chi connectivity index (χ0n) is 10.1. The van der Waals surface area contributed by atoms with Crippen molar-refractivity contribution in [2.75, 3.05) is 7.11 Å². The lowest BCUT2D eigenvalue weighted by molar-refractivity contribution is -0.142. The van der Waals surface area contributed by atoms with Crippen molar-refractivity contribution in [3.63, 3.8) is 0 Å². The van der Waals surface area contributed by atoms with Crippen molar-refractivity contribution < 1.29 is 14.3 Å². The smallest absolute Gasteiger partial charge is 0.315 e. The van der Waals surface area contributed by atoms with Gasteiger partial charge in [0.15, 0.2) is 0 Å². The predicted octanol–water partition coefficient (Wildman–Crippen LogP) is 2.61. The van der Waals surface area contributed by atoms with Crippen molar-refractivity contribution in [1.82, 2.24) is 0 Å². The van der Waals surface area contributed by atoms with Crippen LogP contribution in [0.5, 0.6) is 5.75 Å². The van der Waals surface area contributed by atoms with Gasteiger partial charge in [0.25, 0.3) is 0 Å². The predicted molar refractivity (Wildman–Crippen MR) is 63.9 cm³/mol. The standard InChI is InChI=1S/C12H13N3O3/c1-7-10(14-15-13)12(16)18-11(7)8-3-5-9(17-2)6-4-8/h3-7,10-11H,1-2H3/t7-,10-,11-/m0/s1. The maximum Gasteiger partial charge on any atom is 0.315 e. The van der Waals surface area contributed by atoms with E-state index in [1.165, 1.54) is 0 Å². The normalized spacial score (nSPS) is 26.3. The minimum atomic E-state index is -0.748. The number of ether oxygens (including phenoxy) is 2. The summed E-state index contributed by atoms with van der Waals surface area (Å²) in [6.07, 6.45) is -0.376. The van der Waals surface area contributed by atoms with Crippen LogP contribution in [0.15, 0.2) is 29.4 Å². The summed E-state index contributed by atoms with van der Waals surface area (Å²) >= 11 is 0. The number of esters is 1. The summed E-state index contributed by atoms with van der Waals surface area (Å²) in [4.78, 5) is 14.2. The molecule has 0 radical (unpaired) electrons. The second kappa shape index (κ2) is 4.98. The largest absolute Gasteiger partial charge is 0.497 e. The van der Waals surface area contributed by atoms with Crippen LogP contribution in [0.1, 0.15) is 18.6 Å². The molecule has 0 amide bonds. The van der Waals surface area contributed by atoms with Gasteiger partial charge in [-0.1, -0.05) is 24.2 Å². The molecule has 1 fully saturated rings. The zero-order chi connectivity index (χ0) is 13.1. The Hall–Kier alpha value is -2.20. The Balaban J connectivity index is 2.23. The average molecular weight is 247 g/mol. The fraction of sp³-hybridized carbons (Fsp3) is 0.417. The van der Waals surface area contributed by atoms with Crippen LogP contribution < -0.4 is 4.74 Å². The quantitative estimate of drug-likeness (QED) is 0.356.